The van der Waals surface area contributed by atoms with E-state index in [1.54, 1.807) is 0 Å². The van der Waals surface area contributed by atoms with E-state index in [1.807, 2.05) is 12.4 Å². The van der Waals surface area contributed by atoms with Gasteiger partial charge in [0.05, 0.1) is 17.4 Å². The van der Waals surface area contributed by atoms with E-state index in [9.17, 15) is 0 Å². The van der Waals surface area contributed by atoms with E-state index in [0.29, 0.717) is 0 Å². The number of fused-ring (bicyclic) bond motifs is 2. The van der Waals surface area contributed by atoms with Crippen molar-refractivity contribution in [2.75, 3.05) is 11.4 Å². The molecule has 0 bridgehead atoms. The van der Waals surface area contributed by atoms with Crippen LogP contribution in [0.15, 0.2) is 42.7 Å². The summed E-state index contributed by atoms with van der Waals surface area (Å²) in [6, 6.07) is 10.9. The zero-order valence-electron chi connectivity index (χ0n) is 11.6. The van der Waals surface area contributed by atoms with Crippen molar-refractivity contribution in [1.29, 1.82) is 0 Å². The van der Waals surface area contributed by atoms with Crippen molar-refractivity contribution in [3.8, 4) is 0 Å². The maximum Gasteiger partial charge on any atom is 0.0801 e. The lowest BCUT2D eigenvalue weighted by atomic mass is 9.99. The number of rotatable bonds is 1. The number of pyridine rings is 1. The monoisotopic (exact) mass is 263 g/mol. The lowest BCUT2D eigenvalue weighted by molar-refractivity contribution is 0.732. The molecule has 0 fully saturated rings. The Kier molecular flexibility index (Phi) is 2.52. The van der Waals surface area contributed by atoms with Crippen LogP contribution in [0.2, 0.25) is 0 Å². The molecule has 2 aromatic heterocycles. The molecule has 3 aromatic rings. The highest BCUT2D eigenvalue weighted by Crippen LogP contribution is 2.29. The van der Waals surface area contributed by atoms with Gasteiger partial charge in [-0.3, -0.25) is 4.98 Å². The van der Waals surface area contributed by atoms with Crippen LogP contribution in [0.1, 0.15) is 16.8 Å². The van der Waals surface area contributed by atoms with Gasteiger partial charge in [0.25, 0.3) is 0 Å². The SMILES string of the molecule is Cc1cc2cncc(N3CCc4ccccc4C3)c2[nH]1. The summed E-state index contributed by atoms with van der Waals surface area (Å²) in [5.74, 6) is 0. The van der Waals surface area contributed by atoms with Crippen molar-refractivity contribution < 1.29 is 0 Å². The van der Waals surface area contributed by atoms with E-state index in [1.165, 1.54) is 33.4 Å². The molecule has 0 unspecified atom stereocenters. The smallest absolute Gasteiger partial charge is 0.0801 e. The Labute approximate surface area is 118 Å². The first-order valence-electron chi connectivity index (χ1n) is 7.06. The first-order chi connectivity index (χ1) is 9.81. The number of anilines is 1. The Morgan fingerprint density at radius 2 is 2.00 bits per heavy atom. The maximum atomic E-state index is 4.40. The van der Waals surface area contributed by atoms with Gasteiger partial charge in [0.1, 0.15) is 0 Å². The summed E-state index contributed by atoms with van der Waals surface area (Å²) in [4.78, 5) is 10.3. The molecule has 3 nitrogen and oxygen atoms in total. The van der Waals surface area contributed by atoms with Gasteiger partial charge in [-0.15, -0.1) is 0 Å². The number of H-pyrrole nitrogens is 1. The first-order valence-corrected chi connectivity index (χ1v) is 7.06. The minimum Gasteiger partial charge on any atom is -0.364 e. The third-order valence-corrected chi connectivity index (χ3v) is 4.12. The molecule has 3 heterocycles. The van der Waals surface area contributed by atoms with Gasteiger partial charge in [-0.25, -0.2) is 0 Å². The number of hydrogen-bond acceptors (Lipinski definition) is 2. The van der Waals surface area contributed by atoms with Gasteiger partial charge < -0.3 is 9.88 Å². The highest BCUT2D eigenvalue weighted by Gasteiger charge is 2.18. The molecule has 0 saturated heterocycles. The van der Waals surface area contributed by atoms with E-state index >= 15 is 0 Å². The molecular weight excluding hydrogens is 246 g/mol. The minimum atomic E-state index is 0.967. The Hall–Kier alpha value is -2.29. The number of aromatic amines is 1. The number of nitrogens with one attached hydrogen (secondary N) is 1. The molecule has 20 heavy (non-hydrogen) atoms. The van der Waals surface area contributed by atoms with Crippen molar-refractivity contribution in [3.05, 3.63) is 59.5 Å². The molecule has 1 aliphatic heterocycles. The standard InChI is InChI=1S/C17H17N3/c1-12-8-15-9-18-10-16(17(15)19-12)20-7-6-13-4-2-3-5-14(13)11-20/h2-5,8-10,19H,6-7,11H2,1H3. The molecule has 0 amide bonds. The average molecular weight is 263 g/mol. The second-order valence-corrected chi connectivity index (χ2v) is 5.52. The van der Waals surface area contributed by atoms with Gasteiger partial charge >= 0.3 is 0 Å². The fraction of sp³-hybridized carbons (Fsp3) is 0.235. The third-order valence-electron chi connectivity index (χ3n) is 4.12. The largest absolute Gasteiger partial charge is 0.364 e. The van der Waals surface area contributed by atoms with Crippen molar-refractivity contribution in [2.45, 2.75) is 19.9 Å². The lowest BCUT2D eigenvalue weighted by Crippen LogP contribution is -2.30. The fourth-order valence-electron chi connectivity index (χ4n) is 3.12. The molecule has 1 aliphatic rings. The summed E-state index contributed by atoms with van der Waals surface area (Å²) in [5, 5.41) is 1.19. The van der Waals surface area contributed by atoms with Crippen LogP contribution in [-0.2, 0) is 13.0 Å². The van der Waals surface area contributed by atoms with Crippen LogP contribution in [-0.4, -0.2) is 16.5 Å². The molecule has 100 valence electrons. The van der Waals surface area contributed by atoms with E-state index in [-0.39, 0.29) is 0 Å². The predicted octanol–water partition coefficient (Wildman–Crippen LogP) is 3.43. The van der Waals surface area contributed by atoms with Crippen LogP contribution in [0.25, 0.3) is 10.9 Å². The van der Waals surface area contributed by atoms with Crippen molar-refractivity contribution in [3.63, 3.8) is 0 Å². The second kappa shape index (κ2) is 4.37. The average Bonchev–Trinajstić information content (AvgIpc) is 2.86. The predicted molar refractivity (Wildman–Crippen MR) is 82.0 cm³/mol. The van der Waals surface area contributed by atoms with E-state index < -0.39 is 0 Å². The zero-order valence-corrected chi connectivity index (χ0v) is 11.6. The molecule has 4 rings (SSSR count). The number of aromatic nitrogens is 2. The Balaban J connectivity index is 1.78. The Morgan fingerprint density at radius 1 is 1.15 bits per heavy atom. The summed E-state index contributed by atoms with van der Waals surface area (Å²) in [7, 11) is 0. The van der Waals surface area contributed by atoms with Gasteiger partial charge in [-0.1, -0.05) is 24.3 Å². The molecule has 1 N–H and O–H groups in total. The molecule has 0 radical (unpaired) electrons. The maximum absolute atomic E-state index is 4.40. The number of hydrogen-bond donors (Lipinski definition) is 1. The summed E-state index contributed by atoms with van der Waals surface area (Å²) in [6.07, 6.45) is 5.01. The van der Waals surface area contributed by atoms with Gasteiger partial charge in [-0.2, -0.15) is 0 Å². The van der Waals surface area contributed by atoms with Crippen molar-refractivity contribution in [1.82, 2.24) is 9.97 Å². The van der Waals surface area contributed by atoms with Crippen molar-refractivity contribution in [2.24, 2.45) is 0 Å². The van der Waals surface area contributed by atoms with Crippen LogP contribution in [0.4, 0.5) is 5.69 Å². The molecule has 0 saturated carbocycles. The first kappa shape index (κ1) is 11.5. The topological polar surface area (TPSA) is 31.9 Å². The van der Waals surface area contributed by atoms with Crippen LogP contribution in [0.5, 0.6) is 0 Å². The van der Waals surface area contributed by atoms with Gasteiger partial charge in [0.2, 0.25) is 0 Å². The molecule has 0 spiro atoms. The summed E-state index contributed by atoms with van der Waals surface area (Å²) in [6.45, 7) is 4.11. The van der Waals surface area contributed by atoms with Crippen LogP contribution in [0, 0.1) is 6.92 Å². The van der Waals surface area contributed by atoms with Gasteiger partial charge in [-0.05, 0) is 30.5 Å². The Morgan fingerprint density at radius 3 is 2.90 bits per heavy atom. The molecular formula is C17H17N3. The zero-order chi connectivity index (χ0) is 13.5. The number of aryl methyl sites for hydroxylation is 1. The summed E-state index contributed by atoms with van der Waals surface area (Å²) in [5.41, 5.74) is 6.51. The van der Waals surface area contributed by atoms with Gasteiger partial charge in [0, 0.05) is 30.4 Å². The highest BCUT2D eigenvalue weighted by molar-refractivity contribution is 5.91. The quantitative estimate of drug-likeness (QED) is 0.729. The minimum absolute atomic E-state index is 0.967. The fourth-order valence-corrected chi connectivity index (χ4v) is 3.12. The third kappa shape index (κ3) is 1.78. The number of nitrogens with zero attached hydrogens (tertiary/aromatic N) is 2. The van der Waals surface area contributed by atoms with Crippen LogP contribution < -0.4 is 4.90 Å². The molecule has 0 atom stereocenters. The van der Waals surface area contributed by atoms with Crippen molar-refractivity contribution >= 4 is 16.6 Å². The van der Waals surface area contributed by atoms with Crippen LogP contribution >= 0.6 is 0 Å². The van der Waals surface area contributed by atoms with Crippen LogP contribution in [0.3, 0.4) is 0 Å². The van der Waals surface area contributed by atoms with Gasteiger partial charge in [0.15, 0.2) is 0 Å². The van der Waals surface area contributed by atoms with E-state index in [2.05, 4.69) is 52.1 Å². The second-order valence-electron chi connectivity index (χ2n) is 5.52. The molecule has 0 aliphatic carbocycles. The highest BCUT2D eigenvalue weighted by atomic mass is 15.1. The lowest BCUT2D eigenvalue weighted by Gasteiger charge is -2.30. The summed E-state index contributed by atoms with van der Waals surface area (Å²) >= 11 is 0. The molecule has 3 heteroatoms. The Bertz CT molecular complexity index is 773. The molecule has 1 aromatic carbocycles. The van der Waals surface area contributed by atoms with E-state index in [0.717, 1.165) is 19.5 Å². The number of benzene rings is 1. The normalized spacial score (nSPS) is 14.6. The van der Waals surface area contributed by atoms with E-state index in [4.69, 9.17) is 0 Å². The summed E-state index contributed by atoms with van der Waals surface area (Å²) < 4.78 is 0.